The highest BCUT2D eigenvalue weighted by Gasteiger charge is 2.14. The molecule has 23 heavy (non-hydrogen) atoms. The topological polar surface area (TPSA) is 20.3 Å². The van der Waals surface area contributed by atoms with Crippen molar-refractivity contribution in [1.29, 1.82) is 0 Å². The van der Waals surface area contributed by atoms with Crippen molar-refractivity contribution >= 4 is 11.9 Å². The first kappa shape index (κ1) is 15.7. The van der Waals surface area contributed by atoms with Crippen molar-refractivity contribution in [3.63, 3.8) is 0 Å². The first-order valence-electron chi connectivity index (χ1n) is 8.38. The minimum atomic E-state index is 0.0771. The fourth-order valence-electron chi connectivity index (χ4n) is 3.07. The molecule has 118 valence electrons. The van der Waals surface area contributed by atoms with E-state index in [1.54, 1.807) is 6.08 Å². The van der Waals surface area contributed by atoms with Gasteiger partial charge in [-0.3, -0.25) is 4.79 Å². The first-order valence-corrected chi connectivity index (χ1v) is 8.38. The van der Waals surface area contributed by atoms with Crippen LogP contribution in [0.5, 0.6) is 0 Å². The van der Waals surface area contributed by atoms with Crippen molar-refractivity contribution in [1.82, 2.24) is 4.90 Å². The number of carbonyl (C=O) groups excluding carboxylic acids is 1. The quantitative estimate of drug-likeness (QED) is 0.628. The van der Waals surface area contributed by atoms with Crippen LogP contribution in [0.4, 0.5) is 0 Å². The molecule has 0 saturated heterocycles. The maximum absolute atomic E-state index is 12.4. The Morgan fingerprint density at radius 3 is 2.52 bits per heavy atom. The number of carbonyl (C=O) groups is 1. The van der Waals surface area contributed by atoms with E-state index in [0.29, 0.717) is 0 Å². The monoisotopic (exact) mass is 305 g/mol. The van der Waals surface area contributed by atoms with Crippen LogP contribution in [-0.4, -0.2) is 30.3 Å². The third-order valence-electron chi connectivity index (χ3n) is 4.56. The number of likely N-dealkylation sites (N-methyl/N-ethyl adjacent to an activating group) is 1. The molecule has 0 aromatic heterocycles. The third kappa shape index (κ3) is 3.96. The van der Waals surface area contributed by atoms with Gasteiger partial charge in [-0.05, 0) is 48.2 Å². The average molecular weight is 305 g/mol. The fraction of sp³-hybridized carbons (Fsp3) is 0.286. The lowest BCUT2D eigenvalue weighted by molar-refractivity contribution is 0.104. The van der Waals surface area contributed by atoms with Crippen molar-refractivity contribution in [2.75, 3.05) is 19.6 Å². The molecule has 0 aliphatic carbocycles. The van der Waals surface area contributed by atoms with Gasteiger partial charge in [0.25, 0.3) is 0 Å². The van der Waals surface area contributed by atoms with Gasteiger partial charge in [-0.25, -0.2) is 0 Å². The molecule has 1 aliphatic heterocycles. The lowest BCUT2D eigenvalue weighted by atomic mass is 9.98. The Morgan fingerprint density at radius 2 is 1.78 bits per heavy atom. The van der Waals surface area contributed by atoms with Crippen molar-refractivity contribution in [3.8, 4) is 0 Å². The highest BCUT2D eigenvalue weighted by Crippen LogP contribution is 2.18. The number of nitrogens with zero attached hydrogens (tertiary/aromatic N) is 1. The van der Waals surface area contributed by atoms with Gasteiger partial charge in [0.05, 0.1) is 0 Å². The molecule has 0 saturated carbocycles. The molecule has 0 atom stereocenters. The Bertz CT molecular complexity index is 703. The minimum absolute atomic E-state index is 0.0771. The van der Waals surface area contributed by atoms with Crippen LogP contribution in [0.1, 0.15) is 34.0 Å². The summed E-state index contributed by atoms with van der Waals surface area (Å²) in [4.78, 5) is 14.9. The van der Waals surface area contributed by atoms with E-state index in [-0.39, 0.29) is 5.78 Å². The van der Waals surface area contributed by atoms with Gasteiger partial charge in [0.15, 0.2) is 5.78 Å². The Labute approximate surface area is 138 Å². The maximum atomic E-state index is 12.4. The van der Waals surface area contributed by atoms with Gasteiger partial charge >= 0.3 is 0 Å². The number of rotatable bonds is 4. The van der Waals surface area contributed by atoms with Crippen LogP contribution in [0.25, 0.3) is 6.08 Å². The number of fused-ring (bicyclic) bond motifs is 1. The Morgan fingerprint density at radius 1 is 1.04 bits per heavy atom. The molecule has 2 aromatic rings. The molecule has 2 nitrogen and oxygen atoms in total. The number of ketones is 1. The van der Waals surface area contributed by atoms with E-state index in [1.807, 2.05) is 42.5 Å². The van der Waals surface area contributed by atoms with Crippen molar-refractivity contribution in [2.45, 2.75) is 19.8 Å². The SMILES string of the molecule is CCN1CCc2ccc(C(=O)C=Cc3ccccc3)cc2CC1. The molecular weight excluding hydrogens is 282 g/mol. The average Bonchev–Trinajstić information content (AvgIpc) is 2.82. The third-order valence-corrected chi connectivity index (χ3v) is 4.56. The summed E-state index contributed by atoms with van der Waals surface area (Å²) in [5.74, 6) is 0.0771. The van der Waals surface area contributed by atoms with Crippen LogP contribution in [-0.2, 0) is 12.8 Å². The van der Waals surface area contributed by atoms with E-state index in [2.05, 4.69) is 24.0 Å². The van der Waals surface area contributed by atoms with Crippen LogP contribution >= 0.6 is 0 Å². The molecule has 3 rings (SSSR count). The second-order valence-corrected chi connectivity index (χ2v) is 6.03. The highest BCUT2D eigenvalue weighted by atomic mass is 16.1. The molecule has 2 heteroatoms. The molecule has 0 amide bonds. The predicted molar refractivity (Wildman–Crippen MR) is 95.8 cm³/mol. The number of benzene rings is 2. The second kappa shape index (κ2) is 7.38. The highest BCUT2D eigenvalue weighted by molar-refractivity contribution is 6.06. The second-order valence-electron chi connectivity index (χ2n) is 6.03. The van der Waals surface area contributed by atoms with Crippen LogP contribution in [0.3, 0.4) is 0 Å². The summed E-state index contributed by atoms with van der Waals surface area (Å²) < 4.78 is 0. The van der Waals surface area contributed by atoms with Crippen molar-refractivity contribution in [2.24, 2.45) is 0 Å². The summed E-state index contributed by atoms with van der Waals surface area (Å²) in [5, 5.41) is 0. The van der Waals surface area contributed by atoms with Crippen LogP contribution in [0, 0.1) is 0 Å². The smallest absolute Gasteiger partial charge is 0.185 e. The van der Waals surface area contributed by atoms with Gasteiger partial charge in [-0.15, -0.1) is 0 Å². The number of hydrogen-bond donors (Lipinski definition) is 0. The van der Waals surface area contributed by atoms with E-state index in [0.717, 1.165) is 43.6 Å². The minimum Gasteiger partial charge on any atom is -0.303 e. The zero-order valence-electron chi connectivity index (χ0n) is 13.7. The summed E-state index contributed by atoms with van der Waals surface area (Å²) in [6, 6.07) is 16.1. The summed E-state index contributed by atoms with van der Waals surface area (Å²) in [6.07, 6.45) is 5.67. The van der Waals surface area contributed by atoms with Crippen molar-refractivity contribution in [3.05, 3.63) is 76.9 Å². The van der Waals surface area contributed by atoms with Gasteiger partial charge < -0.3 is 4.90 Å². The zero-order valence-corrected chi connectivity index (χ0v) is 13.7. The molecule has 1 heterocycles. The van der Waals surface area contributed by atoms with Gasteiger partial charge in [0.1, 0.15) is 0 Å². The number of allylic oxidation sites excluding steroid dienone is 1. The van der Waals surface area contributed by atoms with Gasteiger partial charge in [-0.2, -0.15) is 0 Å². The van der Waals surface area contributed by atoms with Crippen LogP contribution in [0.15, 0.2) is 54.6 Å². The first-order chi connectivity index (χ1) is 11.3. The number of hydrogen-bond acceptors (Lipinski definition) is 2. The molecule has 0 unspecified atom stereocenters. The van der Waals surface area contributed by atoms with Crippen LogP contribution < -0.4 is 0 Å². The van der Waals surface area contributed by atoms with E-state index in [4.69, 9.17) is 0 Å². The normalized spacial score (nSPS) is 15.3. The molecule has 0 spiro atoms. The molecule has 0 radical (unpaired) electrons. The lowest BCUT2D eigenvalue weighted by Gasteiger charge is -2.16. The molecule has 0 fully saturated rings. The molecule has 2 aromatic carbocycles. The van der Waals surface area contributed by atoms with E-state index in [1.165, 1.54) is 11.1 Å². The Balaban J connectivity index is 1.75. The van der Waals surface area contributed by atoms with E-state index >= 15 is 0 Å². The standard InChI is InChI=1S/C21H23NO/c1-2-22-14-12-18-9-10-20(16-19(18)13-15-22)21(23)11-8-17-6-4-3-5-7-17/h3-11,16H,2,12-15H2,1H3. The van der Waals surface area contributed by atoms with E-state index in [9.17, 15) is 4.79 Å². The maximum Gasteiger partial charge on any atom is 0.185 e. The molecule has 0 N–H and O–H groups in total. The van der Waals surface area contributed by atoms with Gasteiger partial charge in [0, 0.05) is 18.7 Å². The largest absolute Gasteiger partial charge is 0.303 e. The van der Waals surface area contributed by atoms with Crippen LogP contribution in [0.2, 0.25) is 0 Å². The lowest BCUT2D eigenvalue weighted by Crippen LogP contribution is -2.25. The zero-order chi connectivity index (χ0) is 16.1. The van der Waals surface area contributed by atoms with E-state index < -0.39 is 0 Å². The predicted octanol–water partition coefficient (Wildman–Crippen LogP) is 4.00. The summed E-state index contributed by atoms with van der Waals surface area (Å²) in [7, 11) is 0. The summed E-state index contributed by atoms with van der Waals surface area (Å²) in [5.41, 5.74) is 4.57. The summed E-state index contributed by atoms with van der Waals surface area (Å²) >= 11 is 0. The molecular formula is C21H23NO. The van der Waals surface area contributed by atoms with Gasteiger partial charge in [-0.1, -0.05) is 55.5 Å². The van der Waals surface area contributed by atoms with Crippen molar-refractivity contribution < 1.29 is 4.79 Å². The summed E-state index contributed by atoms with van der Waals surface area (Å²) in [6.45, 7) is 5.50. The Kier molecular flexibility index (Phi) is 5.04. The Hall–Kier alpha value is -2.19. The fourth-order valence-corrected chi connectivity index (χ4v) is 3.07. The molecule has 0 bridgehead atoms. The molecule has 1 aliphatic rings. The van der Waals surface area contributed by atoms with Gasteiger partial charge in [0.2, 0.25) is 0 Å².